The zero-order valence-electron chi connectivity index (χ0n) is 15.2. The van der Waals surface area contributed by atoms with Gasteiger partial charge in [0.15, 0.2) is 0 Å². The van der Waals surface area contributed by atoms with Gasteiger partial charge in [-0.1, -0.05) is 28.1 Å². The summed E-state index contributed by atoms with van der Waals surface area (Å²) < 4.78 is 6.58. The molecule has 0 aliphatic carbocycles. The molecule has 0 atom stereocenters. The van der Waals surface area contributed by atoms with E-state index < -0.39 is 5.60 Å². The van der Waals surface area contributed by atoms with Crippen molar-refractivity contribution in [2.24, 2.45) is 0 Å². The van der Waals surface area contributed by atoms with Crippen LogP contribution in [0.1, 0.15) is 39.2 Å². The molecule has 1 aromatic rings. The Morgan fingerprint density at radius 1 is 1.25 bits per heavy atom. The van der Waals surface area contributed by atoms with E-state index in [1.165, 1.54) is 5.56 Å². The van der Waals surface area contributed by atoms with E-state index in [1.54, 1.807) is 0 Å². The van der Waals surface area contributed by atoms with Crippen LogP contribution >= 0.6 is 15.9 Å². The van der Waals surface area contributed by atoms with Crippen LogP contribution in [0.4, 0.5) is 4.79 Å². The molecule has 1 aromatic carbocycles. The first kappa shape index (κ1) is 19.3. The molecule has 134 valence electrons. The summed E-state index contributed by atoms with van der Waals surface area (Å²) in [6.07, 6.45) is 2.89. The molecule has 0 spiro atoms. The molecule has 0 aromatic heterocycles. The number of halogens is 1. The van der Waals surface area contributed by atoms with Crippen LogP contribution in [0.5, 0.6) is 0 Å². The second kappa shape index (κ2) is 8.34. The van der Waals surface area contributed by atoms with Gasteiger partial charge in [-0.05, 0) is 64.8 Å². The number of carbonyl (C=O) groups is 1. The smallest absolute Gasteiger partial charge is 0.410 e. The van der Waals surface area contributed by atoms with Crippen molar-refractivity contribution in [2.75, 3.05) is 26.7 Å². The molecular weight excluding hydrogens is 368 g/mol. The fraction of sp³-hybridized carbons (Fsp3) is 0.632. The Kier molecular flexibility index (Phi) is 6.70. The SMILES string of the molecule is CN(CCc1ccc(Br)cc1)C1CCN(C(=O)OC(C)(C)C)CC1. The Balaban J connectivity index is 1.75. The van der Waals surface area contributed by atoms with Gasteiger partial charge in [-0.15, -0.1) is 0 Å². The third-order valence-electron chi connectivity index (χ3n) is 4.41. The van der Waals surface area contributed by atoms with Gasteiger partial charge < -0.3 is 14.5 Å². The van der Waals surface area contributed by atoms with Crippen molar-refractivity contribution in [3.8, 4) is 0 Å². The molecular formula is C19H29BrN2O2. The molecule has 1 aliphatic rings. The number of nitrogens with zero attached hydrogens (tertiary/aromatic N) is 2. The second-order valence-corrected chi connectivity index (χ2v) is 8.47. The first-order valence-electron chi connectivity index (χ1n) is 8.67. The first-order chi connectivity index (χ1) is 11.2. The Morgan fingerprint density at radius 3 is 2.38 bits per heavy atom. The maximum absolute atomic E-state index is 12.1. The minimum absolute atomic E-state index is 0.182. The maximum Gasteiger partial charge on any atom is 0.410 e. The van der Waals surface area contributed by atoms with Crippen molar-refractivity contribution in [3.63, 3.8) is 0 Å². The molecule has 0 radical (unpaired) electrons. The quantitative estimate of drug-likeness (QED) is 0.759. The van der Waals surface area contributed by atoms with Gasteiger partial charge in [0.25, 0.3) is 0 Å². The number of likely N-dealkylation sites (tertiary alicyclic amines) is 1. The molecule has 1 heterocycles. The standard InChI is InChI=1S/C19H29BrN2O2/c1-19(2,3)24-18(23)22-13-10-17(11-14-22)21(4)12-9-15-5-7-16(20)8-6-15/h5-8,17H,9-14H2,1-4H3. The fourth-order valence-electron chi connectivity index (χ4n) is 2.95. The highest BCUT2D eigenvalue weighted by molar-refractivity contribution is 9.10. The van der Waals surface area contributed by atoms with Crippen LogP contribution in [0, 0.1) is 0 Å². The van der Waals surface area contributed by atoms with Gasteiger partial charge >= 0.3 is 6.09 Å². The lowest BCUT2D eigenvalue weighted by Gasteiger charge is -2.37. The number of piperidine rings is 1. The van der Waals surface area contributed by atoms with Crippen LogP contribution < -0.4 is 0 Å². The van der Waals surface area contributed by atoms with Crippen molar-refractivity contribution in [1.29, 1.82) is 0 Å². The summed E-state index contributed by atoms with van der Waals surface area (Å²) in [5, 5.41) is 0. The van der Waals surface area contributed by atoms with E-state index in [0.717, 1.165) is 43.4 Å². The summed E-state index contributed by atoms with van der Waals surface area (Å²) in [6, 6.07) is 9.06. The zero-order chi connectivity index (χ0) is 17.7. The van der Waals surface area contributed by atoms with Gasteiger partial charge in [0.05, 0.1) is 0 Å². The molecule has 0 saturated carbocycles. The highest BCUT2D eigenvalue weighted by Gasteiger charge is 2.28. The Bertz CT molecular complexity index is 531. The molecule has 2 rings (SSSR count). The molecule has 0 bridgehead atoms. The van der Waals surface area contributed by atoms with E-state index in [9.17, 15) is 4.79 Å². The predicted octanol–water partition coefficient (Wildman–Crippen LogP) is 4.32. The average Bonchev–Trinajstić information content (AvgIpc) is 2.52. The zero-order valence-corrected chi connectivity index (χ0v) is 16.8. The molecule has 0 N–H and O–H groups in total. The van der Waals surface area contributed by atoms with Gasteiger partial charge in [0, 0.05) is 30.1 Å². The summed E-state index contributed by atoms with van der Waals surface area (Å²) in [5.41, 5.74) is 0.936. The summed E-state index contributed by atoms with van der Waals surface area (Å²) in [6.45, 7) is 8.33. The summed E-state index contributed by atoms with van der Waals surface area (Å²) in [7, 11) is 2.19. The molecule has 24 heavy (non-hydrogen) atoms. The monoisotopic (exact) mass is 396 g/mol. The van der Waals surface area contributed by atoms with Crippen LogP contribution in [0.2, 0.25) is 0 Å². The summed E-state index contributed by atoms with van der Waals surface area (Å²) in [4.78, 5) is 16.4. The second-order valence-electron chi connectivity index (χ2n) is 7.56. The van der Waals surface area contributed by atoms with Crippen molar-refractivity contribution < 1.29 is 9.53 Å². The molecule has 1 saturated heterocycles. The highest BCUT2D eigenvalue weighted by atomic mass is 79.9. The number of amides is 1. The number of likely N-dealkylation sites (N-methyl/N-ethyl adjacent to an activating group) is 1. The van der Waals surface area contributed by atoms with Crippen molar-refractivity contribution >= 4 is 22.0 Å². The van der Waals surface area contributed by atoms with Crippen LogP contribution in [0.15, 0.2) is 28.7 Å². The summed E-state index contributed by atoms with van der Waals surface area (Å²) in [5.74, 6) is 0. The normalized spacial score (nSPS) is 16.5. The van der Waals surface area contributed by atoms with Gasteiger partial charge in [-0.2, -0.15) is 0 Å². The van der Waals surface area contributed by atoms with Gasteiger partial charge in [-0.3, -0.25) is 0 Å². The predicted molar refractivity (Wildman–Crippen MR) is 101 cm³/mol. The van der Waals surface area contributed by atoms with E-state index in [2.05, 4.69) is 52.1 Å². The number of hydrogen-bond donors (Lipinski definition) is 0. The van der Waals surface area contributed by atoms with E-state index in [0.29, 0.717) is 6.04 Å². The first-order valence-corrected chi connectivity index (χ1v) is 9.46. The Morgan fingerprint density at radius 2 is 1.83 bits per heavy atom. The minimum atomic E-state index is -0.421. The van der Waals surface area contributed by atoms with Crippen LogP contribution in [0.3, 0.4) is 0 Å². The third kappa shape index (κ3) is 6.10. The lowest BCUT2D eigenvalue weighted by Crippen LogP contribution is -2.47. The number of hydrogen-bond acceptors (Lipinski definition) is 3. The minimum Gasteiger partial charge on any atom is -0.444 e. The average molecular weight is 397 g/mol. The molecule has 1 aliphatic heterocycles. The topological polar surface area (TPSA) is 32.8 Å². The largest absolute Gasteiger partial charge is 0.444 e. The summed E-state index contributed by atoms with van der Waals surface area (Å²) >= 11 is 3.47. The van der Waals surface area contributed by atoms with E-state index in [-0.39, 0.29) is 6.09 Å². The van der Waals surface area contributed by atoms with Crippen LogP contribution in [-0.4, -0.2) is 54.2 Å². The Hall–Kier alpha value is -1.07. The number of benzene rings is 1. The van der Waals surface area contributed by atoms with Gasteiger partial charge in [-0.25, -0.2) is 4.79 Å². The molecule has 4 nitrogen and oxygen atoms in total. The number of ether oxygens (including phenoxy) is 1. The van der Waals surface area contributed by atoms with Crippen molar-refractivity contribution in [1.82, 2.24) is 9.80 Å². The fourth-order valence-corrected chi connectivity index (χ4v) is 3.22. The highest BCUT2D eigenvalue weighted by Crippen LogP contribution is 2.19. The van der Waals surface area contributed by atoms with Gasteiger partial charge in [0.1, 0.15) is 5.60 Å². The molecule has 5 heteroatoms. The van der Waals surface area contributed by atoms with Crippen LogP contribution in [-0.2, 0) is 11.2 Å². The maximum atomic E-state index is 12.1. The van der Waals surface area contributed by atoms with Gasteiger partial charge in [0.2, 0.25) is 0 Å². The lowest BCUT2D eigenvalue weighted by molar-refractivity contribution is 0.0157. The third-order valence-corrected chi connectivity index (χ3v) is 4.93. The van der Waals surface area contributed by atoms with Crippen molar-refractivity contribution in [2.45, 2.75) is 51.7 Å². The van der Waals surface area contributed by atoms with E-state index >= 15 is 0 Å². The molecule has 1 amide bonds. The van der Waals surface area contributed by atoms with E-state index in [4.69, 9.17) is 4.74 Å². The van der Waals surface area contributed by atoms with E-state index in [1.807, 2.05) is 25.7 Å². The number of rotatable bonds is 4. The van der Waals surface area contributed by atoms with Crippen molar-refractivity contribution in [3.05, 3.63) is 34.3 Å². The molecule has 0 unspecified atom stereocenters. The Labute approximate surface area is 154 Å². The number of carbonyl (C=O) groups excluding carboxylic acids is 1. The van der Waals surface area contributed by atoms with Crippen LogP contribution in [0.25, 0.3) is 0 Å². The lowest BCUT2D eigenvalue weighted by atomic mass is 10.0. The molecule has 1 fully saturated rings.